The Morgan fingerprint density at radius 1 is 1.17 bits per heavy atom. The lowest BCUT2D eigenvalue weighted by Crippen LogP contribution is -2.37. The van der Waals surface area contributed by atoms with Crippen LogP contribution in [-0.4, -0.2) is 10.5 Å². The van der Waals surface area contributed by atoms with Crippen LogP contribution >= 0.6 is 23.2 Å². The SMILES string of the molecule is C[C@@H](C(=O)NNc1ccc(Cl)c(Cl)c1)n1c(=O)oc2ccccc21. The van der Waals surface area contributed by atoms with Gasteiger partial charge in [-0.25, -0.2) is 4.79 Å². The Kier molecular flexibility index (Phi) is 4.51. The largest absolute Gasteiger partial charge is 0.420 e. The molecule has 0 bridgehead atoms. The zero-order chi connectivity index (χ0) is 17.3. The molecule has 2 aromatic carbocycles. The predicted octanol–water partition coefficient (Wildman–Crippen LogP) is 3.61. The summed E-state index contributed by atoms with van der Waals surface area (Å²) >= 11 is 11.8. The molecule has 0 saturated heterocycles. The summed E-state index contributed by atoms with van der Waals surface area (Å²) in [5.74, 6) is -0.997. The summed E-state index contributed by atoms with van der Waals surface area (Å²) in [6, 6.07) is 11.0. The molecule has 3 aromatic rings. The minimum Gasteiger partial charge on any atom is -0.408 e. The first kappa shape index (κ1) is 16.4. The van der Waals surface area contributed by atoms with Crippen LogP contribution in [0, 0.1) is 0 Å². The van der Waals surface area contributed by atoms with Crippen molar-refractivity contribution in [3.63, 3.8) is 0 Å². The van der Waals surface area contributed by atoms with Crippen LogP contribution in [-0.2, 0) is 4.79 Å². The van der Waals surface area contributed by atoms with E-state index < -0.39 is 17.7 Å². The third-order valence-corrected chi connectivity index (χ3v) is 4.27. The van der Waals surface area contributed by atoms with Crippen molar-refractivity contribution in [3.8, 4) is 0 Å². The summed E-state index contributed by atoms with van der Waals surface area (Å²) in [5.41, 5.74) is 6.82. The molecule has 0 aliphatic carbocycles. The molecule has 124 valence electrons. The molecule has 2 N–H and O–H groups in total. The Morgan fingerprint density at radius 2 is 1.92 bits per heavy atom. The van der Waals surface area contributed by atoms with Crippen LogP contribution in [0.15, 0.2) is 51.7 Å². The molecule has 0 unspecified atom stereocenters. The normalized spacial score (nSPS) is 12.1. The number of hydrogen-bond acceptors (Lipinski definition) is 4. The molecule has 0 fully saturated rings. The molecule has 1 aromatic heterocycles. The number of hydrazine groups is 1. The fourth-order valence-corrected chi connectivity index (χ4v) is 2.58. The van der Waals surface area contributed by atoms with E-state index in [4.69, 9.17) is 27.6 Å². The average Bonchev–Trinajstić information content (AvgIpc) is 2.90. The third kappa shape index (κ3) is 3.11. The van der Waals surface area contributed by atoms with E-state index in [0.29, 0.717) is 26.8 Å². The second kappa shape index (κ2) is 6.59. The van der Waals surface area contributed by atoms with Gasteiger partial charge in [0.1, 0.15) is 6.04 Å². The van der Waals surface area contributed by atoms with Gasteiger partial charge in [-0.05, 0) is 37.3 Å². The highest BCUT2D eigenvalue weighted by atomic mass is 35.5. The molecule has 1 amide bonds. The molecule has 1 atom stereocenters. The van der Waals surface area contributed by atoms with Crippen LogP contribution in [0.2, 0.25) is 10.0 Å². The molecule has 3 rings (SSSR count). The zero-order valence-electron chi connectivity index (χ0n) is 12.5. The molecule has 0 radical (unpaired) electrons. The highest BCUT2D eigenvalue weighted by molar-refractivity contribution is 6.42. The third-order valence-electron chi connectivity index (χ3n) is 3.54. The number of nitrogens with zero attached hydrogens (tertiary/aromatic N) is 1. The van der Waals surface area contributed by atoms with E-state index >= 15 is 0 Å². The van der Waals surface area contributed by atoms with Gasteiger partial charge in [0.15, 0.2) is 5.58 Å². The maximum absolute atomic E-state index is 12.3. The molecule has 0 saturated carbocycles. The van der Waals surface area contributed by atoms with Crippen LogP contribution < -0.4 is 16.6 Å². The van der Waals surface area contributed by atoms with Crippen molar-refractivity contribution in [2.45, 2.75) is 13.0 Å². The lowest BCUT2D eigenvalue weighted by Gasteiger charge is -2.14. The summed E-state index contributed by atoms with van der Waals surface area (Å²) in [6.45, 7) is 1.61. The van der Waals surface area contributed by atoms with Crippen molar-refractivity contribution in [1.82, 2.24) is 9.99 Å². The fourth-order valence-electron chi connectivity index (χ4n) is 2.28. The Hall–Kier alpha value is -2.44. The van der Waals surface area contributed by atoms with Gasteiger partial charge in [0.25, 0.3) is 5.91 Å². The average molecular weight is 366 g/mol. The molecule has 0 aliphatic rings. The quantitative estimate of drug-likeness (QED) is 0.692. The van der Waals surface area contributed by atoms with Gasteiger partial charge in [-0.15, -0.1) is 0 Å². The molecule has 0 spiro atoms. The van der Waals surface area contributed by atoms with E-state index in [2.05, 4.69) is 10.9 Å². The second-order valence-electron chi connectivity index (χ2n) is 5.12. The van der Waals surface area contributed by atoms with Crippen LogP contribution in [0.3, 0.4) is 0 Å². The summed E-state index contributed by atoms with van der Waals surface area (Å²) in [7, 11) is 0. The number of carbonyl (C=O) groups is 1. The van der Waals surface area contributed by atoms with Crippen molar-refractivity contribution in [1.29, 1.82) is 0 Å². The van der Waals surface area contributed by atoms with Gasteiger partial charge in [0, 0.05) is 0 Å². The van der Waals surface area contributed by atoms with Gasteiger partial charge in [-0.1, -0.05) is 35.3 Å². The fraction of sp³-hybridized carbons (Fsp3) is 0.125. The molecular weight excluding hydrogens is 353 g/mol. The number of fused-ring (bicyclic) bond motifs is 1. The van der Waals surface area contributed by atoms with Gasteiger partial charge in [-0.3, -0.25) is 20.2 Å². The van der Waals surface area contributed by atoms with Gasteiger partial charge >= 0.3 is 5.76 Å². The monoisotopic (exact) mass is 365 g/mol. The Bertz CT molecular complexity index is 965. The smallest absolute Gasteiger partial charge is 0.408 e. The van der Waals surface area contributed by atoms with Crippen LogP contribution in [0.1, 0.15) is 13.0 Å². The number of rotatable bonds is 4. The Morgan fingerprint density at radius 3 is 2.67 bits per heavy atom. The van der Waals surface area contributed by atoms with E-state index in [-0.39, 0.29) is 0 Å². The molecule has 8 heteroatoms. The van der Waals surface area contributed by atoms with Crippen molar-refractivity contribution >= 4 is 45.9 Å². The number of amides is 1. The highest BCUT2D eigenvalue weighted by Gasteiger charge is 2.21. The Balaban J connectivity index is 1.78. The van der Waals surface area contributed by atoms with E-state index in [1.807, 2.05) is 0 Å². The van der Waals surface area contributed by atoms with E-state index in [1.54, 1.807) is 49.4 Å². The summed E-state index contributed by atoms with van der Waals surface area (Å²) in [4.78, 5) is 24.3. The van der Waals surface area contributed by atoms with Crippen molar-refractivity contribution in [3.05, 3.63) is 63.1 Å². The maximum atomic E-state index is 12.3. The number of nitrogens with one attached hydrogen (secondary N) is 2. The molecule has 0 aliphatic heterocycles. The maximum Gasteiger partial charge on any atom is 0.420 e. The summed E-state index contributed by atoms with van der Waals surface area (Å²) in [5, 5.41) is 0.777. The summed E-state index contributed by atoms with van der Waals surface area (Å²) < 4.78 is 6.43. The standard InChI is InChI=1S/C16H13Cl2N3O3/c1-9(21-13-4-2-3-5-14(13)24-16(21)23)15(22)20-19-10-6-7-11(17)12(18)8-10/h2-9,19H,1H3,(H,20,22)/t9-/m0/s1. The summed E-state index contributed by atoms with van der Waals surface area (Å²) in [6.07, 6.45) is 0. The molecule has 24 heavy (non-hydrogen) atoms. The lowest BCUT2D eigenvalue weighted by atomic mass is 10.2. The second-order valence-corrected chi connectivity index (χ2v) is 5.94. The molecule has 6 nitrogen and oxygen atoms in total. The molecular formula is C16H13Cl2N3O3. The van der Waals surface area contributed by atoms with Gasteiger partial charge < -0.3 is 4.42 Å². The predicted molar refractivity (Wildman–Crippen MR) is 93.4 cm³/mol. The number of oxazole rings is 1. The number of carbonyl (C=O) groups excluding carboxylic acids is 1. The first-order chi connectivity index (χ1) is 11.5. The van der Waals surface area contributed by atoms with Crippen LogP contribution in [0.4, 0.5) is 5.69 Å². The first-order valence-electron chi connectivity index (χ1n) is 7.08. The van der Waals surface area contributed by atoms with E-state index in [9.17, 15) is 9.59 Å². The van der Waals surface area contributed by atoms with Gasteiger partial charge in [-0.2, -0.15) is 0 Å². The number of benzene rings is 2. The van der Waals surface area contributed by atoms with Crippen molar-refractivity contribution in [2.75, 3.05) is 5.43 Å². The number of aromatic nitrogens is 1. The van der Waals surface area contributed by atoms with E-state index in [1.165, 1.54) is 4.57 Å². The lowest BCUT2D eigenvalue weighted by molar-refractivity contribution is -0.123. The van der Waals surface area contributed by atoms with Gasteiger partial charge in [0.2, 0.25) is 0 Å². The van der Waals surface area contributed by atoms with E-state index in [0.717, 1.165) is 0 Å². The Labute approximate surface area is 146 Å². The molecule has 1 heterocycles. The first-order valence-corrected chi connectivity index (χ1v) is 7.84. The topological polar surface area (TPSA) is 76.3 Å². The van der Waals surface area contributed by atoms with Crippen LogP contribution in [0.5, 0.6) is 0 Å². The number of halogens is 2. The number of para-hydroxylation sites is 2. The number of hydrogen-bond donors (Lipinski definition) is 2. The minimum absolute atomic E-state index is 0.362. The minimum atomic E-state index is -0.767. The van der Waals surface area contributed by atoms with Crippen molar-refractivity contribution < 1.29 is 9.21 Å². The van der Waals surface area contributed by atoms with Gasteiger partial charge in [0.05, 0.1) is 21.2 Å². The van der Waals surface area contributed by atoms with Crippen LogP contribution in [0.25, 0.3) is 11.1 Å². The van der Waals surface area contributed by atoms with Crippen molar-refractivity contribution in [2.24, 2.45) is 0 Å². The highest BCUT2D eigenvalue weighted by Crippen LogP contribution is 2.24. The number of anilines is 1. The zero-order valence-corrected chi connectivity index (χ0v) is 14.1.